The summed E-state index contributed by atoms with van der Waals surface area (Å²) in [6.45, 7) is 4.16. The van der Waals surface area contributed by atoms with E-state index in [1.807, 2.05) is 0 Å². The minimum atomic E-state index is -0.0698. The van der Waals surface area contributed by atoms with Gasteiger partial charge in [-0.25, -0.2) is 0 Å². The number of ether oxygens (including phenoxy) is 2. The largest absolute Gasteiger partial charge is 0.493 e. The van der Waals surface area contributed by atoms with Crippen LogP contribution in [0.1, 0.15) is 36.0 Å². The normalized spacial score (nSPS) is 15.4. The number of amides is 1. The first kappa shape index (κ1) is 16.6. The zero-order chi connectivity index (χ0) is 15.8. The van der Waals surface area contributed by atoms with E-state index in [2.05, 4.69) is 10.2 Å². The molecule has 1 heterocycles. The van der Waals surface area contributed by atoms with Crippen LogP contribution in [0.25, 0.3) is 0 Å². The zero-order valence-electron chi connectivity index (χ0n) is 13.6. The summed E-state index contributed by atoms with van der Waals surface area (Å²) in [5, 5.41) is 2.97. The van der Waals surface area contributed by atoms with Gasteiger partial charge in [0.05, 0.1) is 14.2 Å². The maximum absolute atomic E-state index is 12.1. The number of hydrogen-bond donors (Lipinski definition) is 1. The predicted octanol–water partition coefficient (Wildman–Crippen LogP) is 2.31. The molecule has 0 aliphatic carbocycles. The van der Waals surface area contributed by atoms with Crippen molar-refractivity contribution < 1.29 is 14.3 Å². The molecule has 1 amide bonds. The molecule has 1 aromatic carbocycles. The average Bonchev–Trinajstić information content (AvgIpc) is 2.58. The first-order valence-corrected chi connectivity index (χ1v) is 7.97. The van der Waals surface area contributed by atoms with E-state index >= 15 is 0 Å². The molecule has 1 saturated heterocycles. The average molecular weight is 306 g/mol. The van der Waals surface area contributed by atoms with Gasteiger partial charge in [0.15, 0.2) is 11.5 Å². The van der Waals surface area contributed by atoms with E-state index in [1.54, 1.807) is 32.4 Å². The minimum absolute atomic E-state index is 0.0698. The van der Waals surface area contributed by atoms with Crippen LogP contribution in [0, 0.1) is 0 Å². The molecule has 122 valence electrons. The third kappa shape index (κ3) is 4.63. The Hall–Kier alpha value is -1.75. The molecule has 0 aromatic heterocycles. The van der Waals surface area contributed by atoms with E-state index in [1.165, 1.54) is 32.4 Å². The topological polar surface area (TPSA) is 50.8 Å². The Kier molecular flexibility index (Phi) is 6.52. The van der Waals surface area contributed by atoms with Crippen molar-refractivity contribution in [1.82, 2.24) is 10.2 Å². The molecule has 1 aliphatic heterocycles. The number of carbonyl (C=O) groups is 1. The summed E-state index contributed by atoms with van der Waals surface area (Å²) in [6, 6.07) is 5.21. The highest BCUT2D eigenvalue weighted by molar-refractivity contribution is 5.94. The summed E-state index contributed by atoms with van der Waals surface area (Å²) in [6.07, 6.45) is 4.95. The van der Waals surface area contributed by atoms with Crippen molar-refractivity contribution in [1.29, 1.82) is 0 Å². The fourth-order valence-corrected chi connectivity index (χ4v) is 2.77. The molecule has 0 saturated carbocycles. The summed E-state index contributed by atoms with van der Waals surface area (Å²) in [4.78, 5) is 14.6. The zero-order valence-corrected chi connectivity index (χ0v) is 13.6. The summed E-state index contributed by atoms with van der Waals surface area (Å²) >= 11 is 0. The summed E-state index contributed by atoms with van der Waals surface area (Å²) in [7, 11) is 3.15. The lowest BCUT2D eigenvalue weighted by Crippen LogP contribution is -2.33. The van der Waals surface area contributed by atoms with E-state index in [9.17, 15) is 4.79 Å². The Morgan fingerprint density at radius 2 is 1.86 bits per heavy atom. The van der Waals surface area contributed by atoms with Gasteiger partial charge in [-0.05, 0) is 57.1 Å². The quantitative estimate of drug-likeness (QED) is 0.786. The van der Waals surface area contributed by atoms with Crippen molar-refractivity contribution in [2.24, 2.45) is 0 Å². The molecule has 0 radical (unpaired) electrons. The number of hydrogen-bond acceptors (Lipinski definition) is 4. The lowest BCUT2D eigenvalue weighted by Gasteiger charge is -2.26. The number of nitrogens with one attached hydrogen (secondary N) is 1. The van der Waals surface area contributed by atoms with E-state index < -0.39 is 0 Å². The minimum Gasteiger partial charge on any atom is -0.493 e. The highest BCUT2D eigenvalue weighted by Gasteiger charge is 2.11. The van der Waals surface area contributed by atoms with Crippen molar-refractivity contribution in [3.8, 4) is 11.5 Å². The van der Waals surface area contributed by atoms with Gasteiger partial charge in [0.1, 0.15) is 0 Å². The molecule has 1 aromatic rings. The fourth-order valence-electron chi connectivity index (χ4n) is 2.77. The van der Waals surface area contributed by atoms with Crippen molar-refractivity contribution in [2.75, 3.05) is 40.4 Å². The predicted molar refractivity (Wildman–Crippen MR) is 86.8 cm³/mol. The SMILES string of the molecule is COc1ccc(C(=O)NCCCN2CCCCC2)cc1OC. The number of rotatable bonds is 7. The van der Waals surface area contributed by atoms with Crippen LogP contribution in [0.15, 0.2) is 18.2 Å². The maximum atomic E-state index is 12.1. The summed E-state index contributed by atoms with van der Waals surface area (Å²) in [5.41, 5.74) is 0.593. The Bertz CT molecular complexity index is 485. The second kappa shape index (κ2) is 8.63. The molecule has 1 fully saturated rings. The Morgan fingerprint density at radius 1 is 1.14 bits per heavy atom. The van der Waals surface area contributed by atoms with Crippen molar-refractivity contribution in [2.45, 2.75) is 25.7 Å². The van der Waals surface area contributed by atoms with Crippen LogP contribution >= 0.6 is 0 Å². The third-order valence-electron chi connectivity index (χ3n) is 4.03. The molecule has 5 heteroatoms. The molecular formula is C17H26N2O3. The molecule has 0 bridgehead atoms. The fraction of sp³-hybridized carbons (Fsp3) is 0.588. The van der Waals surface area contributed by atoms with Gasteiger partial charge in [-0.3, -0.25) is 4.79 Å². The van der Waals surface area contributed by atoms with Gasteiger partial charge in [-0.2, -0.15) is 0 Å². The number of carbonyl (C=O) groups excluding carboxylic acids is 1. The second-order valence-corrected chi connectivity index (χ2v) is 5.58. The highest BCUT2D eigenvalue weighted by Crippen LogP contribution is 2.27. The van der Waals surface area contributed by atoms with Crippen LogP contribution in [0.4, 0.5) is 0 Å². The van der Waals surface area contributed by atoms with Gasteiger partial charge >= 0.3 is 0 Å². The van der Waals surface area contributed by atoms with Gasteiger partial charge in [-0.1, -0.05) is 6.42 Å². The van der Waals surface area contributed by atoms with Gasteiger partial charge < -0.3 is 19.7 Å². The van der Waals surface area contributed by atoms with Crippen LogP contribution in [0.3, 0.4) is 0 Å². The number of likely N-dealkylation sites (tertiary alicyclic amines) is 1. The van der Waals surface area contributed by atoms with Crippen LogP contribution < -0.4 is 14.8 Å². The standard InChI is InChI=1S/C17H26N2O3/c1-21-15-8-7-14(13-16(15)22-2)17(20)18-9-6-12-19-10-4-3-5-11-19/h7-8,13H,3-6,9-12H2,1-2H3,(H,18,20). The molecule has 22 heavy (non-hydrogen) atoms. The first-order chi connectivity index (χ1) is 10.7. The highest BCUT2D eigenvalue weighted by atomic mass is 16.5. The lowest BCUT2D eigenvalue weighted by atomic mass is 10.1. The van der Waals surface area contributed by atoms with Crippen LogP contribution in [0.2, 0.25) is 0 Å². The van der Waals surface area contributed by atoms with E-state index in [4.69, 9.17) is 9.47 Å². The molecule has 0 unspecified atom stereocenters. The van der Waals surface area contributed by atoms with Crippen molar-refractivity contribution >= 4 is 5.91 Å². The lowest BCUT2D eigenvalue weighted by molar-refractivity contribution is 0.0950. The Balaban J connectivity index is 1.77. The second-order valence-electron chi connectivity index (χ2n) is 5.58. The summed E-state index contributed by atoms with van der Waals surface area (Å²) < 4.78 is 10.4. The monoisotopic (exact) mass is 306 g/mol. The molecule has 0 spiro atoms. The van der Waals surface area contributed by atoms with Crippen LogP contribution in [0.5, 0.6) is 11.5 Å². The van der Waals surface area contributed by atoms with Crippen LogP contribution in [-0.2, 0) is 0 Å². The third-order valence-corrected chi connectivity index (χ3v) is 4.03. The number of piperidine rings is 1. The number of methoxy groups -OCH3 is 2. The molecule has 1 N–H and O–H groups in total. The molecule has 2 rings (SSSR count). The van der Waals surface area contributed by atoms with E-state index in [0.29, 0.717) is 23.6 Å². The molecular weight excluding hydrogens is 280 g/mol. The Labute approximate surface area is 132 Å². The molecule has 5 nitrogen and oxygen atoms in total. The van der Waals surface area contributed by atoms with Gasteiger partial charge in [0.2, 0.25) is 0 Å². The summed E-state index contributed by atoms with van der Waals surface area (Å²) in [5.74, 6) is 1.13. The smallest absolute Gasteiger partial charge is 0.251 e. The molecule has 0 atom stereocenters. The van der Waals surface area contributed by atoms with Gasteiger partial charge in [-0.15, -0.1) is 0 Å². The van der Waals surface area contributed by atoms with E-state index in [-0.39, 0.29) is 5.91 Å². The number of benzene rings is 1. The van der Waals surface area contributed by atoms with Crippen molar-refractivity contribution in [3.63, 3.8) is 0 Å². The van der Waals surface area contributed by atoms with Crippen LogP contribution in [-0.4, -0.2) is 51.2 Å². The first-order valence-electron chi connectivity index (χ1n) is 7.97. The number of nitrogens with zero attached hydrogens (tertiary/aromatic N) is 1. The Morgan fingerprint density at radius 3 is 2.55 bits per heavy atom. The maximum Gasteiger partial charge on any atom is 0.251 e. The molecule has 1 aliphatic rings. The van der Waals surface area contributed by atoms with Crippen molar-refractivity contribution in [3.05, 3.63) is 23.8 Å². The van der Waals surface area contributed by atoms with Gasteiger partial charge in [0, 0.05) is 12.1 Å². The van der Waals surface area contributed by atoms with E-state index in [0.717, 1.165) is 13.0 Å². The van der Waals surface area contributed by atoms with Gasteiger partial charge in [0.25, 0.3) is 5.91 Å².